The van der Waals surface area contributed by atoms with Crippen molar-refractivity contribution < 1.29 is 14.3 Å². The third-order valence-corrected chi connectivity index (χ3v) is 4.82. The zero-order chi connectivity index (χ0) is 23.2. The molecule has 0 fully saturated rings. The van der Waals surface area contributed by atoms with Gasteiger partial charge in [-0.3, -0.25) is 14.5 Å². The Morgan fingerprint density at radius 2 is 1.97 bits per heavy atom. The van der Waals surface area contributed by atoms with Gasteiger partial charge in [0, 0.05) is 16.9 Å². The van der Waals surface area contributed by atoms with E-state index in [4.69, 9.17) is 22.1 Å². The van der Waals surface area contributed by atoms with Crippen LogP contribution in [0.15, 0.2) is 77.9 Å². The van der Waals surface area contributed by atoms with E-state index in [1.807, 2.05) is 30.3 Å². The maximum absolute atomic E-state index is 12.5. The number of carbonyl (C=O) groups excluding carboxylic acids is 2. The Hall–Kier alpha value is -4.37. The predicted octanol–water partition coefficient (Wildman–Crippen LogP) is 4.64. The van der Waals surface area contributed by atoms with Crippen LogP contribution in [0.1, 0.15) is 21.6 Å². The summed E-state index contributed by atoms with van der Waals surface area (Å²) in [6.07, 6.45) is 2.39. The highest BCUT2D eigenvalue weighted by Crippen LogP contribution is 2.27. The molecule has 9 nitrogen and oxygen atoms in total. The highest BCUT2D eigenvalue weighted by atomic mass is 35.5. The molecular formula is C23H19ClN6O3. The van der Waals surface area contributed by atoms with E-state index < -0.39 is 12.0 Å². The lowest BCUT2D eigenvalue weighted by Gasteiger charge is -2.07. The molecule has 0 unspecified atom stereocenters. The third-order valence-electron chi connectivity index (χ3n) is 4.59. The van der Waals surface area contributed by atoms with E-state index in [1.165, 1.54) is 10.8 Å². The third kappa shape index (κ3) is 5.28. The van der Waals surface area contributed by atoms with E-state index in [1.54, 1.807) is 42.6 Å². The van der Waals surface area contributed by atoms with Gasteiger partial charge in [0.25, 0.3) is 5.91 Å². The number of aromatic amines is 1. The standard InChI is InChI=1S/C23H19ClN6O3/c24-16-8-4-9-17(12-16)27-22-19(20(25)31)21(28-29-22)26-13-18-10-5-11-30(18)23(32)33-14-15-6-2-1-3-7-15/h1-13H,14H2,(H2,25,31)(H2,27,28,29). The van der Waals surface area contributed by atoms with E-state index in [0.29, 0.717) is 16.4 Å². The summed E-state index contributed by atoms with van der Waals surface area (Å²) in [4.78, 5) is 28.8. The maximum Gasteiger partial charge on any atom is 0.418 e. The molecule has 0 saturated carbocycles. The fourth-order valence-electron chi connectivity index (χ4n) is 3.04. The number of halogens is 1. The summed E-state index contributed by atoms with van der Waals surface area (Å²) in [5.41, 5.74) is 7.56. The number of nitrogens with two attached hydrogens (primary N) is 1. The van der Waals surface area contributed by atoms with Crippen molar-refractivity contribution in [2.75, 3.05) is 5.32 Å². The average molecular weight is 463 g/mol. The number of carbonyl (C=O) groups is 2. The average Bonchev–Trinajstić information content (AvgIpc) is 3.43. The molecule has 4 N–H and O–H groups in total. The van der Waals surface area contributed by atoms with Gasteiger partial charge in [-0.25, -0.2) is 9.79 Å². The van der Waals surface area contributed by atoms with Crippen molar-refractivity contribution in [2.45, 2.75) is 6.61 Å². The van der Waals surface area contributed by atoms with E-state index in [0.717, 1.165) is 5.56 Å². The first kappa shape index (κ1) is 21.8. The van der Waals surface area contributed by atoms with Gasteiger partial charge in [0.1, 0.15) is 18.0 Å². The Morgan fingerprint density at radius 3 is 2.73 bits per heavy atom. The second-order valence-electron chi connectivity index (χ2n) is 6.90. The van der Waals surface area contributed by atoms with Crippen LogP contribution in [0.25, 0.3) is 0 Å². The van der Waals surface area contributed by atoms with Crippen molar-refractivity contribution in [2.24, 2.45) is 10.7 Å². The van der Waals surface area contributed by atoms with Crippen LogP contribution in [0.3, 0.4) is 0 Å². The van der Waals surface area contributed by atoms with Crippen LogP contribution in [0, 0.1) is 0 Å². The van der Waals surface area contributed by atoms with Gasteiger partial charge in [0.15, 0.2) is 5.82 Å². The largest absolute Gasteiger partial charge is 0.444 e. The zero-order valence-electron chi connectivity index (χ0n) is 17.2. The van der Waals surface area contributed by atoms with Crippen LogP contribution in [-0.4, -0.2) is 33.0 Å². The van der Waals surface area contributed by atoms with Crippen LogP contribution >= 0.6 is 11.6 Å². The van der Waals surface area contributed by atoms with Gasteiger partial charge in [0.05, 0.1) is 11.9 Å². The number of rotatable bonds is 7. The van der Waals surface area contributed by atoms with Crippen molar-refractivity contribution in [3.63, 3.8) is 0 Å². The lowest BCUT2D eigenvalue weighted by Crippen LogP contribution is -2.15. The summed E-state index contributed by atoms with van der Waals surface area (Å²) in [6, 6.07) is 19.6. The first-order valence-electron chi connectivity index (χ1n) is 9.84. The molecule has 0 atom stereocenters. The minimum absolute atomic E-state index is 0.0657. The van der Waals surface area contributed by atoms with Crippen LogP contribution in [0.5, 0.6) is 0 Å². The SMILES string of the molecule is NC(=O)c1c(N=Cc2cccn2C(=O)OCc2ccccc2)n[nH]c1Nc1cccc(Cl)c1. The van der Waals surface area contributed by atoms with E-state index in [9.17, 15) is 9.59 Å². The molecule has 33 heavy (non-hydrogen) atoms. The molecule has 2 heterocycles. The van der Waals surface area contributed by atoms with Gasteiger partial charge in [-0.05, 0) is 35.9 Å². The van der Waals surface area contributed by atoms with Gasteiger partial charge >= 0.3 is 6.09 Å². The fraction of sp³-hybridized carbons (Fsp3) is 0.0435. The van der Waals surface area contributed by atoms with Gasteiger partial charge in [-0.1, -0.05) is 48.0 Å². The molecule has 1 amide bonds. The Bertz CT molecular complexity index is 1310. The summed E-state index contributed by atoms with van der Waals surface area (Å²) in [7, 11) is 0. The maximum atomic E-state index is 12.5. The summed E-state index contributed by atoms with van der Waals surface area (Å²) in [5.74, 6) is -0.384. The van der Waals surface area contributed by atoms with E-state index in [2.05, 4.69) is 20.5 Å². The summed E-state index contributed by atoms with van der Waals surface area (Å²) >= 11 is 6.00. The number of nitrogens with zero attached hydrogens (tertiary/aromatic N) is 3. The molecule has 10 heteroatoms. The number of aromatic nitrogens is 3. The Morgan fingerprint density at radius 1 is 1.15 bits per heavy atom. The van der Waals surface area contributed by atoms with Crippen molar-refractivity contribution >= 4 is 47.1 Å². The number of ether oxygens (including phenoxy) is 1. The number of primary amides is 1. The topological polar surface area (TPSA) is 127 Å². The molecule has 0 saturated heterocycles. The first-order valence-corrected chi connectivity index (χ1v) is 10.2. The van der Waals surface area contributed by atoms with Crippen molar-refractivity contribution in [3.8, 4) is 0 Å². The number of hydrogen-bond acceptors (Lipinski definition) is 6. The molecule has 0 bridgehead atoms. The highest BCUT2D eigenvalue weighted by Gasteiger charge is 2.18. The number of aliphatic imine (C=N–C) groups is 1. The quantitative estimate of drug-likeness (QED) is 0.345. The molecule has 0 aliphatic carbocycles. The monoisotopic (exact) mass is 462 g/mol. The molecule has 4 aromatic rings. The molecule has 0 radical (unpaired) electrons. The molecule has 2 aromatic carbocycles. The summed E-state index contributed by atoms with van der Waals surface area (Å²) in [6.45, 7) is 0.137. The van der Waals surface area contributed by atoms with Crippen LogP contribution < -0.4 is 11.1 Å². The Kier molecular flexibility index (Phi) is 6.51. The number of amides is 1. The van der Waals surface area contributed by atoms with Crippen molar-refractivity contribution in [1.82, 2.24) is 14.8 Å². The van der Waals surface area contributed by atoms with Gasteiger partial charge in [-0.15, -0.1) is 0 Å². The molecule has 4 rings (SSSR count). The smallest absolute Gasteiger partial charge is 0.418 e. The Labute approximate surface area is 193 Å². The molecule has 0 aliphatic rings. The normalized spacial score (nSPS) is 10.9. The van der Waals surface area contributed by atoms with Crippen molar-refractivity contribution in [3.05, 3.63) is 94.8 Å². The second-order valence-corrected chi connectivity index (χ2v) is 7.33. The van der Waals surface area contributed by atoms with Crippen LogP contribution in [-0.2, 0) is 11.3 Å². The fourth-order valence-corrected chi connectivity index (χ4v) is 3.23. The summed E-state index contributed by atoms with van der Waals surface area (Å²) < 4.78 is 6.65. The Balaban J connectivity index is 1.51. The summed E-state index contributed by atoms with van der Waals surface area (Å²) in [5, 5.41) is 10.3. The lowest BCUT2D eigenvalue weighted by molar-refractivity contribution is 0.100. The zero-order valence-corrected chi connectivity index (χ0v) is 18.0. The van der Waals surface area contributed by atoms with Gasteiger partial charge < -0.3 is 15.8 Å². The lowest BCUT2D eigenvalue weighted by atomic mass is 10.2. The molecule has 2 aromatic heterocycles. The molecular weight excluding hydrogens is 444 g/mol. The van der Waals surface area contributed by atoms with Crippen molar-refractivity contribution in [1.29, 1.82) is 0 Å². The molecule has 0 spiro atoms. The second kappa shape index (κ2) is 9.84. The van der Waals surface area contributed by atoms with Crippen LogP contribution in [0.2, 0.25) is 5.02 Å². The number of benzene rings is 2. The van der Waals surface area contributed by atoms with E-state index >= 15 is 0 Å². The number of hydrogen-bond donors (Lipinski definition) is 3. The number of nitrogens with one attached hydrogen (secondary N) is 2. The first-order chi connectivity index (χ1) is 16.0. The minimum Gasteiger partial charge on any atom is -0.444 e. The minimum atomic E-state index is -0.724. The molecule has 0 aliphatic heterocycles. The number of H-pyrrole nitrogens is 1. The van der Waals surface area contributed by atoms with Gasteiger partial charge in [-0.2, -0.15) is 5.10 Å². The number of anilines is 2. The van der Waals surface area contributed by atoms with Gasteiger partial charge in [0.2, 0.25) is 0 Å². The predicted molar refractivity (Wildman–Crippen MR) is 126 cm³/mol. The van der Waals surface area contributed by atoms with Crippen LogP contribution in [0.4, 0.5) is 22.1 Å². The van der Waals surface area contributed by atoms with E-state index in [-0.39, 0.29) is 23.8 Å². The molecule has 166 valence electrons. The highest BCUT2D eigenvalue weighted by molar-refractivity contribution is 6.30.